The van der Waals surface area contributed by atoms with Crippen molar-refractivity contribution in [1.29, 1.82) is 0 Å². The molecule has 0 radical (unpaired) electrons. The lowest BCUT2D eigenvalue weighted by Gasteiger charge is -2.25. The summed E-state index contributed by atoms with van der Waals surface area (Å²) >= 11 is 0. The number of aromatic hydroxyl groups is 1. The normalized spacial score (nSPS) is 14.2. The molecule has 4 rings (SSSR count). The fraction of sp³-hybridized carbons (Fsp3) is 0.227. The standard InChI is InChI=1S/C22H22N2O/c1-24(2)14-18-11-10-17-12-15-6-3-4-9-20(15)23-22(17)21(18)16-7-5-8-19(25)13-16/h3-9,12-13,25H,10-11,14H2,1-2H3. The minimum Gasteiger partial charge on any atom is -0.508 e. The lowest BCUT2D eigenvalue weighted by Crippen LogP contribution is -2.20. The summed E-state index contributed by atoms with van der Waals surface area (Å²) in [5, 5.41) is 11.2. The summed E-state index contributed by atoms with van der Waals surface area (Å²) in [4.78, 5) is 7.20. The molecule has 1 N–H and O–H groups in total. The average Bonchev–Trinajstić information content (AvgIpc) is 2.59. The Morgan fingerprint density at radius 3 is 2.64 bits per heavy atom. The zero-order valence-corrected chi connectivity index (χ0v) is 14.7. The van der Waals surface area contributed by atoms with E-state index >= 15 is 0 Å². The number of nitrogens with zero attached hydrogens (tertiary/aromatic N) is 2. The van der Waals surface area contributed by atoms with Crippen molar-refractivity contribution in [2.75, 3.05) is 20.6 Å². The van der Waals surface area contributed by atoms with E-state index in [2.05, 4.69) is 49.3 Å². The smallest absolute Gasteiger partial charge is 0.116 e. The van der Waals surface area contributed by atoms with Gasteiger partial charge in [0.2, 0.25) is 0 Å². The predicted octanol–water partition coefficient (Wildman–Crippen LogP) is 4.25. The molecule has 2 aromatic carbocycles. The highest BCUT2D eigenvalue weighted by atomic mass is 16.3. The Kier molecular flexibility index (Phi) is 4.02. The van der Waals surface area contributed by atoms with Gasteiger partial charge in [-0.15, -0.1) is 0 Å². The van der Waals surface area contributed by atoms with Gasteiger partial charge in [-0.05, 0) is 67.9 Å². The molecule has 0 atom stereocenters. The Bertz CT molecular complexity index is 973. The summed E-state index contributed by atoms with van der Waals surface area (Å²) in [5.41, 5.74) is 6.97. The van der Waals surface area contributed by atoms with Gasteiger partial charge in [-0.25, -0.2) is 4.98 Å². The van der Waals surface area contributed by atoms with Crippen molar-refractivity contribution in [3.63, 3.8) is 0 Å². The number of rotatable bonds is 3. The number of para-hydroxylation sites is 1. The fourth-order valence-electron chi connectivity index (χ4n) is 3.69. The van der Waals surface area contributed by atoms with Crippen molar-refractivity contribution in [1.82, 2.24) is 9.88 Å². The van der Waals surface area contributed by atoms with E-state index in [1.165, 1.54) is 22.1 Å². The second-order valence-corrected chi connectivity index (χ2v) is 6.96. The average molecular weight is 330 g/mol. The maximum atomic E-state index is 9.98. The lowest BCUT2D eigenvalue weighted by molar-refractivity contribution is 0.439. The van der Waals surface area contributed by atoms with Crippen LogP contribution in [0.25, 0.3) is 16.5 Å². The number of phenols is 1. The molecule has 0 aliphatic heterocycles. The van der Waals surface area contributed by atoms with Gasteiger partial charge in [0.1, 0.15) is 5.75 Å². The largest absolute Gasteiger partial charge is 0.508 e. The third kappa shape index (κ3) is 3.03. The van der Waals surface area contributed by atoms with Gasteiger partial charge in [-0.1, -0.05) is 30.3 Å². The Balaban J connectivity index is 1.97. The van der Waals surface area contributed by atoms with E-state index in [9.17, 15) is 5.11 Å². The number of phenolic OH excluding ortho intramolecular Hbond substituents is 1. The van der Waals surface area contributed by atoms with Crippen LogP contribution in [0.1, 0.15) is 23.2 Å². The Morgan fingerprint density at radius 2 is 1.84 bits per heavy atom. The molecule has 0 saturated carbocycles. The van der Waals surface area contributed by atoms with Crippen LogP contribution in [-0.2, 0) is 6.42 Å². The summed E-state index contributed by atoms with van der Waals surface area (Å²) < 4.78 is 0. The number of aromatic nitrogens is 1. The molecule has 0 bridgehead atoms. The molecule has 25 heavy (non-hydrogen) atoms. The Morgan fingerprint density at radius 1 is 1.00 bits per heavy atom. The third-order valence-corrected chi connectivity index (χ3v) is 4.73. The van der Waals surface area contributed by atoms with E-state index in [4.69, 9.17) is 4.98 Å². The lowest BCUT2D eigenvalue weighted by atomic mass is 9.84. The van der Waals surface area contributed by atoms with Crippen molar-refractivity contribution in [3.8, 4) is 5.75 Å². The van der Waals surface area contributed by atoms with E-state index in [1.54, 1.807) is 6.07 Å². The first-order valence-corrected chi connectivity index (χ1v) is 8.67. The van der Waals surface area contributed by atoms with Crippen LogP contribution in [0.2, 0.25) is 0 Å². The molecule has 0 spiro atoms. The third-order valence-electron chi connectivity index (χ3n) is 4.73. The van der Waals surface area contributed by atoms with Gasteiger partial charge in [0.25, 0.3) is 0 Å². The number of likely N-dealkylation sites (N-methyl/N-ethyl adjacent to an activating group) is 1. The van der Waals surface area contributed by atoms with E-state index in [0.717, 1.165) is 36.2 Å². The zero-order chi connectivity index (χ0) is 17.4. The molecule has 3 aromatic rings. The van der Waals surface area contributed by atoms with Gasteiger partial charge in [-0.3, -0.25) is 0 Å². The van der Waals surface area contributed by atoms with Crippen LogP contribution in [0.3, 0.4) is 0 Å². The van der Waals surface area contributed by atoms with Crippen LogP contribution >= 0.6 is 0 Å². The fourth-order valence-corrected chi connectivity index (χ4v) is 3.69. The molecule has 126 valence electrons. The van der Waals surface area contributed by atoms with Crippen LogP contribution in [0.4, 0.5) is 0 Å². The molecule has 0 amide bonds. The van der Waals surface area contributed by atoms with E-state index in [0.29, 0.717) is 5.75 Å². The quantitative estimate of drug-likeness (QED) is 0.780. The Hall–Kier alpha value is -2.65. The first-order chi connectivity index (χ1) is 12.1. The molecule has 3 nitrogen and oxygen atoms in total. The van der Waals surface area contributed by atoms with Crippen molar-refractivity contribution in [2.24, 2.45) is 0 Å². The van der Waals surface area contributed by atoms with Crippen LogP contribution in [-0.4, -0.2) is 35.6 Å². The van der Waals surface area contributed by atoms with Crippen LogP contribution in [0.15, 0.2) is 60.2 Å². The van der Waals surface area contributed by atoms with Gasteiger partial charge >= 0.3 is 0 Å². The van der Waals surface area contributed by atoms with Gasteiger partial charge in [0.05, 0.1) is 11.2 Å². The van der Waals surface area contributed by atoms with Crippen LogP contribution in [0.5, 0.6) is 5.75 Å². The molecular formula is C22H22N2O. The molecule has 3 heteroatoms. The number of pyridine rings is 1. The Labute approximate surface area is 148 Å². The van der Waals surface area contributed by atoms with Crippen molar-refractivity contribution in [2.45, 2.75) is 12.8 Å². The maximum absolute atomic E-state index is 9.98. The van der Waals surface area contributed by atoms with Crippen LogP contribution in [0, 0.1) is 0 Å². The second-order valence-electron chi connectivity index (χ2n) is 6.96. The molecule has 1 aliphatic rings. The SMILES string of the molecule is CN(C)CC1=C(c2cccc(O)c2)c2nc3ccccc3cc2CC1. The maximum Gasteiger partial charge on any atom is 0.116 e. The summed E-state index contributed by atoms with van der Waals surface area (Å²) in [6.07, 6.45) is 2.04. The predicted molar refractivity (Wildman–Crippen MR) is 103 cm³/mol. The number of hydrogen-bond donors (Lipinski definition) is 1. The monoisotopic (exact) mass is 330 g/mol. The molecular weight excluding hydrogens is 308 g/mol. The van der Waals surface area contributed by atoms with E-state index < -0.39 is 0 Å². The van der Waals surface area contributed by atoms with Crippen LogP contribution < -0.4 is 0 Å². The summed E-state index contributed by atoms with van der Waals surface area (Å²) in [6.45, 7) is 0.902. The summed E-state index contributed by atoms with van der Waals surface area (Å²) in [5.74, 6) is 0.294. The molecule has 0 saturated heterocycles. The highest BCUT2D eigenvalue weighted by molar-refractivity contribution is 5.89. The van der Waals surface area contributed by atoms with Gasteiger partial charge in [-0.2, -0.15) is 0 Å². The number of aryl methyl sites for hydroxylation is 1. The first kappa shape index (κ1) is 15.9. The molecule has 0 unspecified atom stereocenters. The topological polar surface area (TPSA) is 36.4 Å². The molecule has 0 fully saturated rings. The van der Waals surface area contributed by atoms with Crippen molar-refractivity contribution in [3.05, 3.63) is 77.0 Å². The number of hydrogen-bond acceptors (Lipinski definition) is 3. The minimum atomic E-state index is 0.294. The van der Waals surface area contributed by atoms with Crippen molar-refractivity contribution >= 4 is 16.5 Å². The summed E-state index contributed by atoms with van der Waals surface area (Å²) in [7, 11) is 4.19. The van der Waals surface area contributed by atoms with Gasteiger partial charge in [0, 0.05) is 17.5 Å². The van der Waals surface area contributed by atoms with Gasteiger partial charge < -0.3 is 10.0 Å². The second kappa shape index (κ2) is 6.34. The van der Waals surface area contributed by atoms with Gasteiger partial charge in [0.15, 0.2) is 0 Å². The highest BCUT2D eigenvalue weighted by Gasteiger charge is 2.23. The first-order valence-electron chi connectivity index (χ1n) is 8.67. The molecule has 1 aromatic heterocycles. The number of fused-ring (bicyclic) bond motifs is 2. The minimum absolute atomic E-state index is 0.294. The van der Waals surface area contributed by atoms with E-state index in [1.807, 2.05) is 18.2 Å². The molecule has 1 heterocycles. The zero-order valence-electron chi connectivity index (χ0n) is 14.7. The number of benzene rings is 2. The highest BCUT2D eigenvalue weighted by Crippen LogP contribution is 2.37. The summed E-state index contributed by atoms with van der Waals surface area (Å²) in [6, 6.07) is 18.1. The van der Waals surface area contributed by atoms with E-state index in [-0.39, 0.29) is 0 Å². The van der Waals surface area contributed by atoms with Crippen molar-refractivity contribution < 1.29 is 5.11 Å². The molecule has 1 aliphatic carbocycles.